The van der Waals surface area contributed by atoms with Crippen molar-refractivity contribution in [1.29, 1.82) is 0 Å². The average molecular weight is 377 g/mol. The third-order valence-corrected chi connectivity index (χ3v) is 5.30. The van der Waals surface area contributed by atoms with E-state index in [-0.39, 0.29) is 11.8 Å². The van der Waals surface area contributed by atoms with Gasteiger partial charge in [-0.2, -0.15) is 5.10 Å². The predicted octanol–water partition coefficient (Wildman–Crippen LogP) is 3.18. The van der Waals surface area contributed by atoms with Gasteiger partial charge in [-0.05, 0) is 62.1 Å². The van der Waals surface area contributed by atoms with E-state index in [1.54, 1.807) is 6.07 Å². The van der Waals surface area contributed by atoms with Crippen LogP contribution in [0.5, 0.6) is 0 Å². The fourth-order valence-electron chi connectivity index (χ4n) is 3.69. The van der Waals surface area contributed by atoms with Gasteiger partial charge in [0.15, 0.2) is 11.6 Å². The maximum atomic E-state index is 13.3. The van der Waals surface area contributed by atoms with Crippen molar-refractivity contribution in [2.75, 3.05) is 13.1 Å². The summed E-state index contributed by atoms with van der Waals surface area (Å²) in [7, 11) is 0. The molecule has 1 N–H and O–H groups in total. The zero-order valence-electron chi connectivity index (χ0n) is 15.3. The number of likely N-dealkylation sites (tertiary alicyclic amines) is 1. The van der Waals surface area contributed by atoms with E-state index in [0.29, 0.717) is 44.6 Å². The molecule has 1 aromatic rings. The predicted molar refractivity (Wildman–Crippen MR) is 98.0 cm³/mol. The van der Waals surface area contributed by atoms with Crippen LogP contribution in [0, 0.1) is 17.6 Å². The Hall–Kier alpha value is -2.31. The summed E-state index contributed by atoms with van der Waals surface area (Å²) < 4.78 is 26.3. The molecule has 146 valence electrons. The first-order valence-electron chi connectivity index (χ1n) is 9.57. The van der Waals surface area contributed by atoms with E-state index in [9.17, 15) is 18.4 Å². The molecular weight excluding hydrogens is 352 g/mol. The van der Waals surface area contributed by atoms with Crippen LogP contribution in [0.2, 0.25) is 0 Å². The fraction of sp³-hybridized carbons (Fsp3) is 0.550. The highest BCUT2D eigenvalue weighted by molar-refractivity contribution is 5.94. The minimum Gasteiger partial charge on any atom is -0.342 e. The molecule has 1 aromatic carbocycles. The van der Waals surface area contributed by atoms with Crippen molar-refractivity contribution in [3.05, 3.63) is 35.4 Å². The summed E-state index contributed by atoms with van der Waals surface area (Å²) in [6.07, 6.45) is 5.59. The SMILES string of the molecule is O=C1CCC(CCC(=O)N2CCCC(CCc3ccc(F)c(F)c3)C2)=NN1. The first-order chi connectivity index (χ1) is 13.0. The van der Waals surface area contributed by atoms with E-state index in [1.807, 2.05) is 4.90 Å². The molecule has 0 aliphatic carbocycles. The van der Waals surface area contributed by atoms with Crippen molar-refractivity contribution >= 4 is 17.5 Å². The number of hydrogen-bond acceptors (Lipinski definition) is 3. The molecule has 5 nitrogen and oxygen atoms in total. The van der Waals surface area contributed by atoms with Gasteiger partial charge in [0.2, 0.25) is 11.8 Å². The third-order valence-electron chi connectivity index (χ3n) is 5.30. The largest absolute Gasteiger partial charge is 0.342 e. The van der Waals surface area contributed by atoms with Crippen molar-refractivity contribution in [2.24, 2.45) is 11.0 Å². The fourth-order valence-corrected chi connectivity index (χ4v) is 3.69. The molecular formula is C20H25F2N3O2. The van der Waals surface area contributed by atoms with Gasteiger partial charge in [-0.1, -0.05) is 6.07 Å². The van der Waals surface area contributed by atoms with Crippen molar-refractivity contribution in [1.82, 2.24) is 10.3 Å². The van der Waals surface area contributed by atoms with Gasteiger partial charge in [-0.15, -0.1) is 0 Å². The lowest BCUT2D eigenvalue weighted by Gasteiger charge is -2.33. The number of rotatable bonds is 6. The molecule has 2 aliphatic rings. The number of benzene rings is 1. The molecule has 1 saturated heterocycles. The van der Waals surface area contributed by atoms with E-state index < -0.39 is 11.6 Å². The van der Waals surface area contributed by atoms with E-state index in [2.05, 4.69) is 10.5 Å². The lowest BCUT2D eigenvalue weighted by Crippen LogP contribution is -2.40. The van der Waals surface area contributed by atoms with Crippen LogP contribution in [-0.2, 0) is 16.0 Å². The minimum atomic E-state index is -0.824. The van der Waals surface area contributed by atoms with Gasteiger partial charge >= 0.3 is 0 Å². The van der Waals surface area contributed by atoms with Gasteiger partial charge in [-0.25, -0.2) is 14.2 Å². The Balaban J connectivity index is 1.44. The Morgan fingerprint density at radius 2 is 2.07 bits per heavy atom. The summed E-state index contributed by atoms with van der Waals surface area (Å²) in [6, 6.07) is 4.04. The summed E-state index contributed by atoms with van der Waals surface area (Å²) in [5, 5.41) is 4.01. The Bertz CT molecular complexity index is 736. The van der Waals surface area contributed by atoms with Crippen LogP contribution < -0.4 is 5.43 Å². The minimum absolute atomic E-state index is 0.0787. The highest BCUT2D eigenvalue weighted by Gasteiger charge is 2.24. The van der Waals surface area contributed by atoms with Gasteiger partial charge < -0.3 is 4.90 Å². The smallest absolute Gasteiger partial charge is 0.240 e. The zero-order valence-corrected chi connectivity index (χ0v) is 15.3. The molecule has 0 spiro atoms. The molecule has 1 fully saturated rings. The molecule has 0 aromatic heterocycles. The second-order valence-electron chi connectivity index (χ2n) is 7.35. The van der Waals surface area contributed by atoms with Crippen molar-refractivity contribution in [3.8, 4) is 0 Å². The highest BCUT2D eigenvalue weighted by atomic mass is 19.2. The lowest BCUT2D eigenvalue weighted by atomic mass is 9.91. The first-order valence-corrected chi connectivity index (χ1v) is 9.57. The number of halogens is 2. The van der Waals surface area contributed by atoms with E-state index >= 15 is 0 Å². The molecule has 1 atom stereocenters. The summed E-state index contributed by atoms with van der Waals surface area (Å²) >= 11 is 0. The maximum Gasteiger partial charge on any atom is 0.240 e. The quantitative estimate of drug-likeness (QED) is 0.828. The molecule has 3 rings (SSSR count). The zero-order chi connectivity index (χ0) is 19.2. The summed E-state index contributed by atoms with van der Waals surface area (Å²) in [5.74, 6) is -1.22. The lowest BCUT2D eigenvalue weighted by molar-refractivity contribution is -0.132. The van der Waals surface area contributed by atoms with Crippen LogP contribution in [0.15, 0.2) is 23.3 Å². The molecule has 0 radical (unpaired) electrons. The van der Waals surface area contributed by atoms with Crippen LogP contribution in [0.25, 0.3) is 0 Å². The average Bonchev–Trinajstić information content (AvgIpc) is 2.68. The number of hydrazone groups is 1. The maximum absolute atomic E-state index is 13.3. The van der Waals surface area contributed by atoms with E-state index in [4.69, 9.17) is 0 Å². The molecule has 0 bridgehead atoms. The number of piperidine rings is 1. The van der Waals surface area contributed by atoms with Crippen LogP contribution in [0.4, 0.5) is 8.78 Å². The normalized spacial score (nSPS) is 20.2. The van der Waals surface area contributed by atoms with Crippen molar-refractivity contribution < 1.29 is 18.4 Å². The highest BCUT2D eigenvalue weighted by Crippen LogP contribution is 2.23. The number of amides is 2. The van der Waals surface area contributed by atoms with E-state index in [1.165, 1.54) is 6.07 Å². The second kappa shape index (κ2) is 9.06. The van der Waals surface area contributed by atoms with Gasteiger partial charge in [-0.3, -0.25) is 9.59 Å². The van der Waals surface area contributed by atoms with E-state index in [0.717, 1.165) is 43.1 Å². The molecule has 2 heterocycles. The molecule has 7 heteroatoms. The van der Waals surface area contributed by atoms with Crippen molar-refractivity contribution in [2.45, 2.75) is 51.4 Å². The number of carbonyl (C=O) groups is 2. The summed E-state index contributed by atoms with van der Waals surface area (Å²) in [4.78, 5) is 25.5. The topological polar surface area (TPSA) is 61.8 Å². The molecule has 1 unspecified atom stereocenters. The molecule has 0 saturated carbocycles. The van der Waals surface area contributed by atoms with Crippen LogP contribution in [0.3, 0.4) is 0 Å². The Morgan fingerprint density at radius 3 is 2.81 bits per heavy atom. The molecule has 2 aliphatic heterocycles. The molecule has 27 heavy (non-hydrogen) atoms. The molecule has 2 amide bonds. The number of nitrogens with one attached hydrogen (secondary N) is 1. The number of nitrogens with zero attached hydrogens (tertiary/aromatic N) is 2. The summed E-state index contributed by atoms with van der Waals surface area (Å²) in [5.41, 5.74) is 4.11. The van der Waals surface area contributed by atoms with Gasteiger partial charge in [0.05, 0.1) is 0 Å². The van der Waals surface area contributed by atoms with Crippen molar-refractivity contribution in [3.63, 3.8) is 0 Å². The van der Waals surface area contributed by atoms with Gasteiger partial charge in [0, 0.05) is 31.6 Å². The van der Waals surface area contributed by atoms with Gasteiger partial charge in [0.1, 0.15) is 0 Å². The second-order valence-corrected chi connectivity index (χ2v) is 7.35. The van der Waals surface area contributed by atoms with Crippen LogP contribution in [0.1, 0.15) is 50.5 Å². The third kappa shape index (κ3) is 5.58. The van der Waals surface area contributed by atoms with Gasteiger partial charge in [0.25, 0.3) is 0 Å². The monoisotopic (exact) mass is 377 g/mol. The number of aryl methyl sites for hydroxylation is 1. The summed E-state index contributed by atoms with van der Waals surface area (Å²) in [6.45, 7) is 1.48. The number of carbonyl (C=O) groups excluding carboxylic acids is 2. The van der Waals surface area contributed by atoms with Crippen LogP contribution >= 0.6 is 0 Å². The number of hydrogen-bond donors (Lipinski definition) is 1. The Labute approximate surface area is 157 Å². The Kier molecular flexibility index (Phi) is 6.53. The van der Waals surface area contributed by atoms with Crippen LogP contribution in [-0.4, -0.2) is 35.5 Å². The Morgan fingerprint density at radius 1 is 1.22 bits per heavy atom. The standard InChI is InChI=1S/C20H25F2N3O2/c21-17-8-5-14(12-18(17)22)3-4-15-2-1-11-25(13-15)20(27)10-7-16-6-9-19(26)24-23-16/h5,8,12,15H,1-4,6-7,9-11,13H2,(H,24,26). The first kappa shape index (κ1) is 19.5.